The number of benzene rings is 1. The SMILES string of the molecule is CCCNCCNC(=O)CCc1ncc(-c2ccccc2Cl)o1.Cl.Cl. The van der Waals surface area contributed by atoms with E-state index in [0.717, 1.165) is 25.1 Å². The van der Waals surface area contributed by atoms with E-state index in [-0.39, 0.29) is 30.7 Å². The van der Waals surface area contributed by atoms with Crippen molar-refractivity contribution in [3.63, 3.8) is 0 Å². The first-order valence-corrected chi connectivity index (χ1v) is 8.25. The summed E-state index contributed by atoms with van der Waals surface area (Å²) in [7, 11) is 0. The van der Waals surface area contributed by atoms with Crippen LogP contribution in [-0.4, -0.2) is 30.5 Å². The van der Waals surface area contributed by atoms with Gasteiger partial charge in [-0.3, -0.25) is 4.79 Å². The van der Waals surface area contributed by atoms with Crippen LogP contribution in [0.25, 0.3) is 11.3 Å². The molecule has 2 N–H and O–H groups in total. The molecule has 2 rings (SSSR count). The van der Waals surface area contributed by atoms with Gasteiger partial charge in [-0.05, 0) is 25.1 Å². The first-order valence-electron chi connectivity index (χ1n) is 7.87. The smallest absolute Gasteiger partial charge is 0.220 e. The van der Waals surface area contributed by atoms with Crippen molar-refractivity contribution < 1.29 is 9.21 Å². The molecule has 0 radical (unpaired) electrons. The second kappa shape index (κ2) is 13.0. The molecule has 0 fully saturated rings. The highest BCUT2D eigenvalue weighted by Crippen LogP contribution is 2.28. The largest absolute Gasteiger partial charge is 0.441 e. The Bertz CT molecular complexity index is 635. The highest BCUT2D eigenvalue weighted by molar-refractivity contribution is 6.33. The normalized spacial score (nSPS) is 9.84. The standard InChI is InChI=1S/C17H22ClN3O2.2ClH/c1-2-9-19-10-11-20-16(22)7-8-17-21-12-15(23-17)13-5-3-4-6-14(13)18;;/h3-6,12,19H,2,7-11H2,1H3,(H,20,22);2*1H. The molecule has 0 bridgehead atoms. The third-order valence-corrected chi connectivity index (χ3v) is 3.64. The van der Waals surface area contributed by atoms with E-state index in [1.165, 1.54) is 0 Å². The molecule has 0 saturated heterocycles. The lowest BCUT2D eigenvalue weighted by Gasteiger charge is -2.05. The Morgan fingerprint density at radius 3 is 2.68 bits per heavy atom. The van der Waals surface area contributed by atoms with Crippen LogP contribution in [0.15, 0.2) is 34.9 Å². The van der Waals surface area contributed by atoms with Gasteiger partial charge in [-0.15, -0.1) is 24.8 Å². The van der Waals surface area contributed by atoms with Crippen LogP contribution in [0.1, 0.15) is 25.7 Å². The van der Waals surface area contributed by atoms with Gasteiger partial charge in [0, 0.05) is 31.5 Å². The van der Waals surface area contributed by atoms with Crippen LogP contribution in [0.4, 0.5) is 0 Å². The van der Waals surface area contributed by atoms with E-state index in [4.69, 9.17) is 16.0 Å². The van der Waals surface area contributed by atoms with Crippen LogP contribution < -0.4 is 10.6 Å². The molecule has 0 atom stereocenters. The minimum atomic E-state index is 0. The molecule has 1 aromatic heterocycles. The maximum Gasteiger partial charge on any atom is 0.220 e. The zero-order valence-electron chi connectivity index (χ0n) is 14.1. The fourth-order valence-electron chi connectivity index (χ4n) is 2.11. The molecule has 8 heteroatoms. The van der Waals surface area contributed by atoms with Crippen molar-refractivity contribution in [2.24, 2.45) is 0 Å². The van der Waals surface area contributed by atoms with E-state index in [9.17, 15) is 4.79 Å². The van der Waals surface area contributed by atoms with Gasteiger partial charge in [0.1, 0.15) is 0 Å². The predicted octanol–water partition coefficient (Wildman–Crippen LogP) is 3.89. The van der Waals surface area contributed by atoms with E-state index < -0.39 is 0 Å². The molecule has 0 spiro atoms. The van der Waals surface area contributed by atoms with Crippen molar-refractivity contribution in [2.75, 3.05) is 19.6 Å². The maximum atomic E-state index is 11.8. The number of nitrogens with one attached hydrogen (secondary N) is 2. The number of hydrogen-bond donors (Lipinski definition) is 2. The Balaban J connectivity index is 0.00000288. The topological polar surface area (TPSA) is 67.2 Å². The van der Waals surface area contributed by atoms with E-state index in [1.54, 1.807) is 12.3 Å². The Hall–Kier alpha value is -1.27. The molecule has 0 aliphatic carbocycles. The number of halogens is 3. The quantitative estimate of drug-likeness (QED) is 0.618. The van der Waals surface area contributed by atoms with Crippen molar-refractivity contribution in [1.29, 1.82) is 0 Å². The van der Waals surface area contributed by atoms with E-state index in [0.29, 0.717) is 36.1 Å². The van der Waals surface area contributed by atoms with Crippen molar-refractivity contribution in [1.82, 2.24) is 15.6 Å². The van der Waals surface area contributed by atoms with Gasteiger partial charge in [-0.25, -0.2) is 4.98 Å². The number of amides is 1. The summed E-state index contributed by atoms with van der Waals surface area (Å²) in [6.45, 7) is 4.50. The summed E-state index contributed by atoms with van der Waals surface area (Å²) in [6, 6.07) is 7.44. The zero-order chi connectivity index (χ0) is 16.5. The number of carbonyl (C=O) groups is 1. The molecule has 140 valence electrons. The number of hydrogen-bond acceptors (Lipinski definition) is 4. The lowest BCUT2D eigenvalue weighted by molar-refractivity contribution is -0.121. The van der Waals surface area contributed by atoms with Gasteiger partial charge >= 0.3 is 0 Å². The molecule has 1 aromatic carbocycles. The van der Waals surface area contributed by atoms with Crippen LogP contribution in [0.3, 0.4) is 0 Å². The molecule has 1 heterocycles. The number of aromatic nitrogens is 1. The number of carbonyl (C=O) groups excluding carboxylic acids is 1. The van der Waals surface area contributed by atoms with Gasteiger partial charge in [-0.1, -0.05) is 30.7 Å². The first kappa shape index (κ1) is 23.7. The monoisotopic (exact) mass is 407 g/mol. The molecule has 0 aliphatic heterocycles. The average molecular weight is 409 g/mol. The minimum absolute atomic E-state index is 0. The number of aryl methyl sites for hydroxylation is 1. The summed E-state index contributed by atoms with van der Waals surface area (Å²) in [5.41, 5.74) is 0.805. The van der Waals surface area contributed by atoms with Gasteiger partial charge in [0.2, 0.25) is 5.91 Å². The maximum absolute atomic E-state index is 11.8. The highest BCUT2D eigenvalue weighted by Gasteiger charge is 2.10. The third-order valence-electron chi connectivity index (χ3n) is 3.31. The molecular weight excluding hydrogens is 385 g/mol. The van der Waals surface area contributed by atoms with Gasteiger partial charge in [0.25, 0.3) is 0 Å². The van der Waals surface area contributed by atoms with Gasteiger partial charge in [0.05, 0.1) is 11.2 Å². The second-order valence-electron chi connectivity index (χ2n) is 5.20. The third kappa shape index (κ3) is 8.10. The molecule has 1 amide bonds. The molecular formula is C17H24Cl3N3O2. The van der Waals surface area contributed by atoms with E-state index in [1.807, 2.05) is 18.2 Å². The predicted molar refractivity (Wildman–Crippen MR) is 106 cm³/mol. The molecule has 2 aromatic rings. The van der Waals surface area contributed by atoms with Crippen molar-refractivity contribution in [2.45, 2.75) is 26.2 Å². The molecule has 0 saturated carbocycles. The van der Waals surface area contributed by atoms with Crippen molar-refractivity contribution in [3.8, 4) is 11.3 Å². The Morgan fingerprint density at radius 2 is 1.96 bits per heavy atom. The fraction of sp³-hybridized carbons (Fsp3) is 0.412. The summed E-state index contributed by atoms with van der Waals surface area (Å²) in [4.78, 5) is 16.0. The molecule has 5 nitrogen and oxygen atoms in total. The highest BCUT2D eigenvalue weighted by atomic mass is 35.5. The van der Waals surface area contributed by atoms with E-state index in [2.05, 4.69) is 22.5 Å². The molecule has 0 unspecified atom stereocenters. The van der Waals surface area contributed by atoms with Crippen LogP contribution in [0.2, 0.25) is 5.02 Å². The summed E-state index contributed by atoms with van der Waals surface area (Å²) in [5, 5.41) is 6.72. The van der Waals surface area contributed by atoms with Crippen LogP contribution in [0, 0.1) is 0 Å². The summed E-state index contributed by atoms with van der Waals surface area (Å²) < 4.78 is 5.67. The zero-order valence-corrected chi connectivity index (χ0v) is 16.5. The van der Waals surface area contributed by atoms with Gasteiger partial charge in [-0.2, -0.15) is 0 Å². The minimum Gasteiger partial charge on any atom is -0.441 e. The lowest BCUT2D eigenvalue weighted by atomic mass is 10.2. The summed E-state index contributed by atoms with van der Waals surface area (Å²) >= 11 is 6.13. The van der Waals surface area contributed by atoms with Crippen molar-refractivity contribution in [3.05, 3.63) is 41.4 Å². The van der Waals surface area contributed by atoms with Crippen LogP contribution >= 0.6 is 36.4 Å². The second-order valence-corrected chi connectivity index (χ2v) is 5.61. The molecule has 25 heavy (non-hydrogen) atoms. The Kier molecular flexibility index (Phi) is 12.3. The number of oxazole rings is 1. The Morgan fingerprint density at radius 1 is 1.20 bits per heavy atom. The lowest BCUT2D eigenvalue weighted by Crippen LogP contribution is -2.32. The van der Waals surface area contributed by atoms with Crippen LogP contribution in [-0.2, 0) is 11.2 Å². The van der Waals surface area contributed by atoms with Crippen LogP contribution in [0.5, 0.6) is 0 Å². The van der Waals surface area contributed by atoms with Gasteiger partial charge < -0.3 is 15.1 Å². The summed E-state index contributed by atoms with van der Waals surface area (Å²) in [6.07, 6.45) is 3.56. The summed E-state index contributed by atoms with van der Waals surface area (Å²) in [5.74, 6) is 1.16. The van der Waals surface area contributed by atoms with Crippen molar-refractivity contribution >= 4 is 42.3 Å². The number of nitrogens with zero attached hydrogens (tertiary/aromatic N) is 1. The number of rotatable bonds is 9. The molecule has 0 aliphatic rings. The van der Waals surface area contributed by atoms with E-state index >= 15 is 0 Å². The fourth-order valence-corrected chi connectivity index (χ4v) is 2.34. The van der Waals surface area contributed by atoms with Gasteiger partial charge in [0.15, 0.2) is 11.7 Å². The average Bonchev–Trinajstić information content (AvgIpc) is 3.02. The Labute approximate surface area is 165 Å². The first-order chi connectivity index (χ1) is 11.2.